The summed E-state index contributed by atoms with van der Waals surface area (Å²) in [4.78, 5) is 7.63. The number of nitrogens with two attached hydrogens (primary N) is 1. The van der Waals surface area contributed by atoms with Gasteiger partial charge >= 0.3 is 0 Å². The highest BCUT2D eigenvalue weighted by atomic mass is 35.5. The lowest BCUT2D eigenvalue weighted by atomic mass is 10.1. The molecule has 1 atom stereocenters. The van der Waals surface area contributed by atoms with Crippen molar-refractivity contribution < 1.29 is 0 Å². The van der Waals surface area contributed by atoms with Crippen molar-refractivity contribution in [2.45, 2.75) is 19.5 Å². The van der Waals surface area contributed by atoms with E-state index in [1.54, 1.807) is 11.3 Å². The molecule has 0 amide bonds. The minimum atomic E-state index is 0.249. The van der Waals surface area contributed by atoms with Crippen LogP contribution in [0.5, 0.6) is 0 Å². The van der Waals surface area contributed by atoms with E-state index in [0.717, 1.165) is 15.0 Å². The Kier molecular flexibility index (Phi) is 4.22. The van der Waals surface area contributed by atoms with Crippen LogP contribution in [0.1, 0.15) is 23.4 Å². The molecular weight excluding hydrogens is 266 g/mol. The molecule has 96 valence electrons. The van der Waals surface area contributed by atoms with Crippen LogP contribution in [-0.4, -0.2) is 12.0 Å². The highest BCUT2D eigenvalue weighted by Gasteiger charge is 2.15. The Hall–Kier alpha value is -1.10. The highest BCUT2D eigenvalue weighted by molar-refractivity contribution is 7.15. The minimum Gasteiger partial charge on any atom is -0.344 e. The molecule has 3 nitrogen and oxygen atoms in total. The fraction of sp³-hybridized carbons (Fsp3) is 0.308. The predicted octanol–water partition coefficient (Wildman–Crippen LogP) is 3.45. The molecule has 2 rings (SSSR count). The first-order valence-corrected chi connectivity index (χ1v) is 6.94. The first-order chi connectivity index (χ1) is 8.61. The maximum atomic E-state index is 5.90. The second kappa shape index (κ2) is 5.69. The number of benzene rings is 1. The molecule has 1 heterocycles. The SMILES string of the molecule is CC(c1ccc(Cl)cc1)N(C)c1ncc(CN)s1. The van der Waals surface area contributed by atoms with E-state index in [-0.39, 0.29) is 6.04 Å². The molecule has 0 spiro atoms. The molecule has 0 saturated carbocycles. The summed E-state index contributed by atoms with van der Waals surface area (Å²) in [5.74, 6) is 0. The molecule has 0 bridgehead atoms. The summed E-state index contributed by atoms with van der Waals surface area (Å²) in [5, 5.41) is 1.74. The van der Waals surface area contributed by atoms with Gasteiger partial charge in [-0.3, -0.25) is 0 Å². The van der Waals surface area contributed by atoms with Gasteiger partial charge < -0.3 is 10.6 Å². The van der Waals surface area contributed by atoms with Crippen molar-refractivity contribution in [1.29, 1.82) is 0 Å². The Labute approximate surface area is 116 Å². The van der Waals surface area contributed by atoms with Gasteiger partial charge in [-0.2, -0.15) is 0 Å². The standard InChI is InChI=1S/C13H16ClN3S/c1-9(10-3-5-11(14)6-4-10)17(2)13-16-8-12(7-15)18-13/h3-6,8-9H,7,15H2,1-2H3. The molecule has 0 aliphatic heterocycles. The molecular formula is C13H16ClN3S. The van der Waals surface area contributed by atoms with Crippen LogP contribution in [-0.2, 0) is 6.54 Å². The third-order valence-corrected chi connectivity index (χ3v) is 4.34. The number of thiazole rings is 1. The summed E-state index contributed by atoms with van der Waals surface area (Å²) in [6.45, 7) is 2.69. The van der Waals surface area contributed by atoms with Crippen molar-refractivity contribution in [3.05, 3.63) is 45.9 Å². The topological polar surface area (TPSA) is 42.2 Å². The van der Waals surface area contributed by atoms with Gasteiger partial charge in [0, 0.05) is 29.7 Å². The van der Waals surface area contributed by atoms with Crippen LogP contribution in [0, 0.1) is 0 Å². The van der Waals surface area contributed by atoms with Gasteiger partial charge in [0.2, 0.25) is 0 Å². The lowest BCUT2D eigenvalue weighted by Crippen LogP contribution is -2.21. The maximum absolute atomic E-state index is 5.90. The average molecular weight is 282 g/mol. The smallest absolute Gasteiger partial charge is 0.185 e. The lowest BCUT2D eigenvalue weighted by molar-refractivity contribution is 0.737. The van der Waals surface area contributed by atoms with Crippen molar-refractivity contribution in [1.82, 2.24) is 4.98 Å². The number of rotatable bonds is 4. The molecule has 2 N–H and O–H groups in total. The zero-order valence-corrected chi connectivity index (χ0v) is 12.0. The Bertz CT molecular complexity index is 509. The molecule has 5 heteroatoms. The third kappa shape index (κ3) is 2.83. The van der Waals surface area contributed by atoms with Crippen LogP contribution in [0.4, 0.5) is 5.13 Å². The molecule has 1 aromatic carbocycles. The van der Waals surface area contributed by atoms with E-state index in [2.05, 4.69) is 16.8 Å². The zero-order chi connectivity index (χ0) is 13.1. The van der Waals surface area contributed by atoms with Crippen LogP contribution in [0.25, 0.3) is 0 Å². The van der Waals surface area contributed by atoms with Gasteiger partial charge in [-0.1, -0.05) is 23.7 Å². The third-order valence-electron chi connectivity index (χ3n) is 2.98. The zero-order valence-electron chi connectivity index (χ0n) is 10.4. The molecule has 2 aromatic rings. The molecule has 1 unspecified atom stereocenters. The van der Waals surface area contributed by atoms with Crippen LogP contribution < -0.4 is 10.6 Å². The summed E-state index contributed by atoms with van der Waals surface area (Å²) in [5.41, 5.74) is 6.82. The van der Waals surface area contributed by atoms with E-state index in [4.69, 9.17) is 17.3 Å². The fourth-order valence-electron chi connectivity index (χ4n) is 1.69. The lowest BCUT2D eigenvalue weighted by Gasteiger charge is -2.24. The quantitative estimate of drug-likeness (QED) is 0.933. The number of nitrogens with zero attached hydrogens (tertiary/aromatic N) is 2. The van der Waals surface area contributed by atoms with E-state index in [1.807, 2.05) is 37.5 Å². The van der Waals surface area contributed by atoms with Gasteiger partial charge in [-0.05, 0) is 24.6 Å². The molecule has 0 radical (unpaired) electrons. The summed E-state index contributed by atoms with van der Waals surface area (Å²) >= 11 is 7.53. The summed E-state index contributed by atoms with van der Waals surface area (Å²) in [7, 11) is 2.04. The second-order valence-corrected chi connectivity index (χ2v) is 5.68. The van der Waals surface area contributed by atoms with Crippen LogP contribution >= 0.6 is 22.9 Å². The number of hydrogen-bond donors (Lipinski definition) is 1. The molecule has 0 aliphatic carbocycles. The average Bonchev–Trinajstić information content (AvgIpc) is 2.86. The van der Waals surface area contributed by atoms with Crippen molar-refractivity contribution in [2.75, 3.05) is 11.9 Å². The van der Waals surface area contributed by atoms with Crippen LogP contribution in [0.15, 0.2) is 30.5 Å². The maximum Gasteiger partial charge on any atom is 0.185 e. The number of halogens is 1. The Morgan fingerprint density at radius 2 is 2.06 bits per heavy atom. The monoisotopic (exact) mass is 281 g/mol. The summed E-state index contributed by atoms with van der Waals surface area (Å²) in [6.07, 6.45) is 1.84. The molecule has 0 fully saturated rings. The van der Waals surface area contributed by atoms with E-state index >= 15 is 0 Å². The summed E-state index contributed by atoms with van der Waals surface area (Å²) < 4.78 is 0. The molecule has 0 aliphatic rings. The first-order valence-electron chi connectivity index (χ1n) is 5.75. The van der Waals surface area contributed by atoms with Crippen molar-refractivity contribution in [3.8, 4) is 0 Å². The van der Waals surface area contributed by atoms with Gasteiger partial charge in [0.1, 0.15) is 0 Å². The Morgan fingerprint density at radius 1 is 1.39 bits per heavy atom. The van der Waals surface area contributed by atoms with Crippen LogP contribution in [0.3, 0.4) is 0 Å². The van der Waals surface area contributed by atoms with Gasteiger partial charge in [-0.25, -0.2) is 4.98 Å². The number of hydrogen-bond acceptors (Lipinski definition) is 4. The van der Waals surface area contributed by atoms with E-state index in [0.29, 0.717) is 6.54 Å². The summed E-state index contributed by atoms with van der Waals surface area (Å²) in [6, 6.07) is 8.16. The van der Waals surface area contributed by atoms with Crippen molar-refractivity contribution in [2.24, 2.45) is 5.73 Å². The largest absolute Gasteiger partial charge is 0.344 e. The van der Waals surface area contributed by atoms with Gasteiger partial charge in [0.05, 0.1) is 6.04 Å². The minimum absolute atomic E-state index is 0.249. The second-order valence-electron chi connectivity index (χ2n) is 4.15. The van der Waals surface area contributed by atoms with E-state index < -0.39 is 0 Å². The fourth-order valence-corrected chi connectivity index (χ4v) is 2.64. The van der Waals surface area contributed by atoms with E-state index in [9.17, 15) is 0 Å². The van der Waals surface area contributed by atoms with Gasteiger partial charge in [0.15, 0.2) is 5.13 Å². The van der Waals surface area contributed by atoms with E-state index in [1.165, 1.54) is 5.56 Å². The van der Waals surface area contributed by atoms with Crippen LogP contribution in [0.2, 0.25) is 5.02 Å². The Morgan fingerprint density at radius 3 is 2.61 bits per heavy atom. The highest BCUT2D eigenvalue weighted by Crippen LogP contribution is 2.29. The number of anilines is 1. The first kappa shape index (κ1) is 13.3. The normalized spacial score (nSPS) is 12.4. The molecule has 18 heavy (non-hydrogen) atoms. The number of aromatic nitrogens is 1. The molecule has 0 saturated heterocycles. The molecule has 1 aromatic heterocycles. The Balaban J connectivity index is 2.17. The predicted molar refractivity (Wildman–Crippen MR) is 78.3 cm³/mol. The van der Waals surface area contributed by atoms with Crippen molar-refractivity contribution >= 4 is 28.1 Å². The van der Waals surface area contributed by atoms with Crippen molar-refractivity contribution in [3.63, 3.8) is 0 Å². The van der Waals surface area contributed by atoms with Gasteiger partial charge in [-0.15, -0.1) is 11.3 Å². The van der Waals surface area contributed by atoms with Gasteiger partial charge in [0.25, 0.3) is 0 Å².